The molecule has 0 aliphatic rings. The van der Waals surface area contributed by atoms with E-state index in [4.69, 9.17) is 14.7 Å². The highest BCUT2D eigenvalue weighted by Gasteiger charge is 2.06. The highest BCUT2D eigenvalue weighted by molar-refractivity contribution is 5.85. The largest absolute Gasteiger partial charge is 0.488 e. The van der Waals surface area contributed by atoms with Gasteiger partial charge in [-0.3, -0.25) is 4.79 Å². The topological polar surface area (TPSA) is 83.7 Å². The van der Waals surface area contributed by atoms with E-state index in [1.807, 2.05) is 60.7 Å². The molecule has 0 heterocycles. The van der Waals surface area contributed by atoms with Crippen molar-refractivity contribution >= 4 is 12.1 Å². The molecule has 0 bridgehead atoms. The van der Waals surface area contributed by atoms with Gasteiger partial charge in [0.1, 0.15) is 24.2 Å². The number of benzene rings is 3. The van der Waals surface area contributed by atoms with Gasteiger partial charge in [-0.05, 0) is 29.8 Å². The fourth-order valence-corrected chi connectivity index (χ4v) is 2.49. The van der Waals surface area contributed by atoms with E-state index in [1.165, 1.54) is 6.21 Å². The van der Waals surface area contributed by atoms with Gasteiger partial charge >= 0.3 is 0 Å². The minimum Gasteiger partial charge on any atom is -0.488 e. The van der Waals surface area contributed by atoms with Crippen molar-refractivity contribution in [2.75, 3.05) is 6.61 Å². The van der Waals surface area contributed by atoms with Gasteiger partial charge in [-0.1, -0.05) is 54.6 Å². The van der Waals surface area contributed by atoms with Crippen LogP contribution < -0.4 is 14.9 Å². The zero-order valence-electron chi connectivity index (χ0n) is 15.6. The summed E-state index contributed by atoms with van der Waals surface area (Å²) in [6.07, 6.45) is 1.52. The second kappa shape index (κ2) is 10.3. The van der Waals surface area contributed by atoms with Crippen molar-refractivity contribution in [3.63, 3.8) is 0 Å². The van der Waals surface area contributed by atoms with Gasteiger partial charge < -0.3 is 9.47 Å². The molecule has 6 heteroatoms. The van der Waals surface area contributed by atoms with Crippen LogP contribution in [0.2, 0.25) is 0 Å². The average molecular weight is 385 g/mol. The minimum atomic E-state index is -0.434. The maximum Gasteiger partial charge on any atom is 0.277 e. The Morgan fingerprint density at radius 1 is 0.931 bits per heavy atom. The van der Waals surface area contributed by atoms with E-state index in [2.05, 4.69) is 10.5 Å². The lowest BCUT2D eigenvalue weighted by Gasteiger charge is -2.09. The third-order valence-electron chi connectivity index (χ3n) is 3.92. The molecule has 29 heavy (non-hydrogen) atoms. The van der Waals surface area contributed by atoms with Crippen molar-refractivity contribution in [2.24, 2.45) is 5.10 Å². The summed E-state index contributed by atoms with van der Waals surface area (Å²) in [4.78, 5) is 11.9. The van der Waals surface area contributed by atoms with Crippen LogP contribution in [0.3, 0.4) is 0 Å². The van der Waals surface area contributed by atoms with Gasteiger partial charge in [0.25, 0.3) is 5.91 Å². The Morgan fingerprint density at radius 2 is 1.62 bits per heavy atom. The highest BCUT2D eigenvalue weighted by Crippen LogP contribution is 2.18. The summed E-state index contributed by atoms with van der Waals surface area (Å²) in [5.41, 5.74) is 4.57. The highest BCUT2D eigenvalue weighted by atomic mass is 16.5. The molecule has 0 saturated heterocycles. The number of rotatable bonds is 8. The van der Waals surface area contributed by atoms with Crippen molar-refractivity contribution in [2.45, 2.75) is 6.61 Å². The molecule has 0 aliphatic carbocycles. The Balaban J connectivity index is 1.53. The molecule has 0 fully saturated rings. The Kier molecular flexibility index (Phi) is 6.97. The Morgan fingerprint density at radius 3 is 2.41 bits per heavy atom. The second-order valence-corrected chi connectivity index (χ2v) is 6.00. The summed E-state index contributed by atoms with van der Waals surface area (Å²) in [5, 5.41) is 13.0. The van der Waals surface area contributed by atoms with Crippen molar-refractivity contribution < 1.29 is 14.3 Å². The lowest BCUT2D eigenvalue weighted by molar-refractivity contribution is -0.123. The van der Waals surface area contributed by atoms with Crippen LogP contribution in [-0.4, -0.2) is 18.7 Å². The lowest BCUT2D eigenvalue weighted by atomic mass is 10.2. The molecule has 0 unspecified atom stereocenters. The summed E-state index contributed by atoms with van der Waals surface area (Å²) < 4.78 is 11.2. The molecule has 3 aromatic rings. The van der Waals surface area contributed by atoms with E-state index in [0.717, 1.165) is 11.1 Å². The number of amides is 1. The maximum atomic E-state index is 11.9. The van der Waals surface area contributed by atoms with Crippen LogP contribution in [0.4, 0.5) is 0 Å². The summed E-state index contributed by atoms with van der Waals surface area (Å²) in [7, 11) is 0. The molecule has 0 spiro atoms. The standard InChI is InChI=1S/C23H19N3O3/c24-14-19-10-4-6-12-21(19)29-17-23(27)26-25-15-20-11-5-7-13-22(20)28-16-18-8-2-1-3-9-18/h1-13,15H,16-17H2,(H,26,27)/b25-15+. The molecule has 0 atom stereocenters. The van der Waals surface area contributed by atoms with E-state index in [9.17, 15) is 4.79 Å². The molecule has 1 amide bonds. The predicted octanol–water partition coefficient (Wildman–Crippen LogP) is 3.67. The number of hydrogen-bond donors (Lipinski definition) is 1. The van der Waals surface area contributed by atoms with Gasteiger partial charge in [0.15, 0.2) is 6.61 Å². The number of nitriles is 1. The first-order valence-electron chi connectivity index (χ1n) is 8.96. The Labute approximate surface area is 169 Å². The molecule has 6 nitrogen and oxygen atoms in total. The van der Waals surface area contributed by atoms with Crippen LogP contribution in [0.15, 0.2) is 84.0 Å². The molecule has 0 radical (unpaired) electrons. The molecule has 1 N–H and O–H groups in total. The van der Waals surface area contributed by atoms with E-state index < -0.39 is 5.91 Å². The normalized spacial score (nSPS) is 10.3. The van der Waals surface area contributed by atoms with Gasteiger partial charge in [-0.15, -0.1) is 0 Å². The molecule has 0 aliphatic heterocycles. The molecular weight excluding hydrogens is 366 g/mol. The number of nitrogens with zero attached hydrogens (tertiary/aromatic N) is 2. The van der Waals surface area contributed by atoms with Gasteiger partial charge in [-0.25, -0.2) is 5.43 Å². The van der Waals surface area contributed by atoms with E-state index in [0.29, 0.717) is 23.7 Å². The molecule has 3 aromatic carbocycles. The average Bonchev–Trinajstić information content (AvgIpc) is 2.78. The maximum absolute atomic E-state index is 11.9. The summed E-state index contributed by atoms with van der Waals surface area (Å²) >= 11 is 0. The molecular formula is C23H19N3O3. The third kappa shape index (κ3) is 5.94. The number of hydrogen-bond acceptors (Lipinski definition) is 5. The Hall–Kier alpha value is -4.11. The SMILES string of the molecule is N#Cc1ccccc1OCC(=O)N/N=C/c1ccccc1OCc1ccccc1. The van der Waals surface area contributed by atoms with E-state index in [1.54, 1.807) is 24.3 Å². The van der Waals surface area contributed by atoms with E-state index >= 15 is 0 Å². The fraction of sp³-hybridized carbons (Fsp3) is 0.0870. The number of nitrogens with one attached hydrogen (secondary N) is 1. The quantitative estimate of drug-likeness (QED) is 0.474. The van der Waals surface area contributed by atoms with Gasteiger partial charge in [0.05, 0.1) is 11.8 Å². The van der Waals surface area contributed by atoms with Gasteiger partial charge in [-0.2, -0.15) is 10.4 Å². The minimum absolute atomic E-state index is 0.248. The van der Waals surface area contributed by atoms with Gasteiger partial charge in [0, 0.05) is 5.56 Å². The summed E-state index contributed by atoms with van der Waals surface area (Å²) in [6.45, 7) is 0.187. The number of hydrazone groups is 1. The second-order valence-electron chi connectivity index (χ2n) is 6.00. The zero-order chi connectivity index (χ0) is 20.3. The lowest BCUT2D eigenvalue weighted by Crippen LogP contribution is -2.24. The zero-order valence-corrected chi connectivity index (χ0v) is 15.6. The van der Waals surface area contributed by atoms with E-state index in [-0.39, 0.29) is 6.61 Å². The fourth-order valence-electron chi connectivity index (χ4n) is 2.49. The summed E-state index contributed by atoms with van der Waals surface area (Å²) in [6, 6.07) is 26.0. The number of carbonyl (C=O) groups excluding carboxylic acids is 1. The summed E-state index contributed by atoms with van der Waals surface area (Å²) in [5.74, 6) is 0.582. The Bertz CT molecular complexity index is 1030. The van der Waals surface area contributed by atoms with Crippen molar-refractivity contribution in [3.05, 3.63) is 95.6 Å². The molecule has 0 saturated carbocycles. The monoisotopic (exact) mass is 385 g/mol. The molecule has 3 rings (SSSR count). The number of ether oxygens (including phenoxy) is 2. The molecule has 144 valence electrons. The first kappa shape index (κ1) is 19.6. The van der Waals surface area contributed by atoms with Crippen molar-refractivity contribution in [1.82, 2.24) is 5.43 Å². The van der Waals surface area contributed by atoms with Crippen LogP contribution in [0.1, 0.15) is 16.7 Å². The van der Waals surface area contributed by atoms with Crippen molar-refractivity contribution in [3.8, 4) is 17.6 Å². The first-order valence-corrected chi connectivity index (χ1v) is 8.96. The van der Waals surface area contributed by atoms with Crippen LogP contribution in [0, 0.1) is 11.3 Å². The van der Waals surface area contributed by atoms with Gasteiger partial charge in [0.2, 0.25) is 0 Å². The predicted molar refractivity (Wildman–Crippen MR) is 110 cm³/mol. The van der Waals surface area contributed by atoms with Crippen LogP contribution in [-0.2, 0) is 11.4 Å². The van der Waals surface area contributed by atoms with Crippen LogP contribution >= 0.6 is 0 Å². The smallest absolute Gasteiger partial charge is 0.277 e. The van der Waals surface area contributed by atoms with Crippen LogP contribution in [0.25, 0.3) is 0 Å². The number of carbonyl (C=O) groups is 1. The van der Waals surface area contributed by atoms with Crippen molar-refractivity contribution in [1.29, 1.82) is 5.26 Å². The molecule has 0 aromatic heterocycles. The third-order valence-corrected chi connectivity index (χ3v) is 3.92. The van der Waals surface area contributed by atoms with Crippen LogP contribution in [0.5, 0.6) is 11.5 Å². The first-order chi connectivity index (χ1) is 14.3. The number of para-hydroxylation sites is 2.